The van der Waals surface area contributed by atoms with Gasteiger partial charge in [0.05, 0.1) is 20.9 Å². The van der Waals surface area contributed by atoms with Crippen molar-refractivity contribution in [3.05, 3.63) is 115 Å². The van der Waals surface area contributed by atoms with Gasteiger partial charge in [-0.2, -0.15) is 0 Å². The molecule has 0 aliphatic carbocycles. The van der Waals surface area contributed by atoms with E-state index in [9.17, 15) is 27.2 Å². The highest BCUT2D eigenvalue weighted by atomic mass is 35.5. The van der Waals surface area contributed by atoms with E-state index < -0.39 is 27.3 Å². The Kier molecular flexibility index (Phi) is 7.67. The van der Waals surface area contributed by atoms with Crippen molar-refractivity contribution in [2.45, 2.75) is 17.7 Å². The van der Waals surface area contributed by atoms with Crippen LogP contribution < -0.4 is 26.6 Å². The van der Waals surface area contributed by atoms with Crippen LogP contribution in [0.1, 0.15) is 11.1 Å². The molecule has 2 heterocycles. The number of benzene rings is 3. The smallest absolute Gasteiger partial charge is 0.333 e. The van der Waals surface area contributed by atoms with Gasteiger partial charge in [-0.15, -0.1) is 11.3 Å². The summed E-state index contributed by atoms with van der Waals surface area (Å²) in [6.45, 7) is 2.05. The van der Waals surface area contributed by atoms with Crippen LogP contribution in [-0.2, 0) is 16.6 Å². The van der Waals surface area contributed by atoms with Crippen LogP contribution in [0.25, 0.3) is 16.6 Å². The largest absolute Gasteiger partial charge is 0.381 e. The average molecular weight is 614 g/mol. The Bertz CT molecular complexity index is 2020. The molecule has 0 aliphatic rings. The molecule has 4 N–H and O–H groups in total. The van der Waals surface area contributed by atoms with Gasteiger partial charge < -0.3 is 15.6 Å². The van der Waals surface area contributed by atoms with Crippen LogP contribution in [0.2, 0.25) is 4.34 Å². The molecule has 0 fully saturated rings. The molecule has 0 radical (unpaired) electrons. The molecule has 0 aliphatic heterocycles. The predicted molar refractivity (Wildman–Crippen MR) is 157 cm³/mol. The van der Waals surface area contributed by atoms with Crippen molar-refractivity contribution in [3.8, 4) is 5.69 Å². The summed E-state index contributed by atoms with van der Waals surface area (Å²) in [4.78, 5) is 41.3. The molecule has 0 unspecified atom stereocenters. The van der Waals surface area contributed by atoms with E-state index in [1.54, 1.807) is 37.3 Å². The van der Waals surface area contributed by atoms with Gasteiger partial charge >= 0.3 is 11.7 Å². The van der Waals surface area contributed by atoms with Gasteiger partial charge in [-0.05, 0) is 78.7 Å². The Morgan fingerprint density at radius 1 is 1.02 bits per heavy atom. The lowest BCUT2D eigenvalue weighted by molar-refractivity contribution is 0.256. The van der Waals surface area contributed by atoms with Crippen LogP contribution in [0.4, 0.5) is 20.6 Å². The topological polar surface area (TPSA) is 142 Å². The van der Waals surface area contributed by atoms with E-state index in [4.69, 9.17) is 11.6 Å². The Morgan fingerprint density at radius 2 is 1.78 bits per heavy atom. The van der Waals surface area contributed by atoms with Crippen LogP contribution >= 0.6 is 22.9 Å². The maximum absolute atomic E-state index is 13.3. The van der Waals surface area contributed by atoms with E-state index in [0.717, 1.165) is 21.5 Å². The van der Waals surface area contributed by atoms with Gasteiger partial charge in [-0.1, -0.05) is 23.7 Å². The summed E-state index contributed by atoms with van der Waals surface area (Å²) in [7, 11) is -4.11. The van der Waals surface area contributed by atoms with Crippen LogP contribution in [0.3, 0.4) is 0 Å². The van der Waals surface area contributed by atoms with Gasteiger partial charge in [0.2, 0.25) is 0 Å². The van der Waals surface area contributed by atoms with Crippen molar-refractivity contribution in [1.29, 1.82) is 0 Å². The number of aromatic nitrogens is 2. The molecule has 0 saturated heterocycles. The number of anilines is 2. The highest BCUT2D eigenvalue weighted by Crippen LogP contribution is 2.25. The molecule has 3 aromatic carbocycles. The summed E-state index contributed by atoms with van der Waals surface area (Å²) < 4.78 is 40.9. The molecule has 0 atom stereocenters. The summed E-state index contributed by atoms with van der Waals surface area (Å²) in [6.07, 6.45) is 0. The molecular formula is C27H21ClFN5O5S2. The Labute approximate surface area is 241 Å². The number of carbonyl (C=O) groups excluding carboxylic acids is 1. The fourth-order valence-corrected chi connectivity index (χ4v) is 6.45. The lowest BCUT2D eigenvalue weighted by Gasteiger charge is -2.13. The molecular weight excluding hydrogens is 593 g/mol. The summed E-state index contributed by atoms with van der Waals surface area (Å²) >= 11 is 6.59. The number of thiophene rings is 1. The molecule has 0 spiro atoms. The highest BCUT2D eigenvalue weighted by molar-refractivity contribution is 7.92. The number of sulfonamides is 1. The molecule has 2 amide bonds. The number of hydrogen-bond acceptors (Lipinski definition) is 7. The van der Waals surface area contributed by atoms with E-state index in [-0.39, 0.29) is 31.1 Å². The third-order valence-electron chi connectivity index (χ3n) is 6.06. The Morgan fingerprint density at radius 3 is 2.46 bits per heavy atom. The van der Waals surface area contributed by atoms with Crippen molar-refractivity contribution in [2.24, 2.45) is 0 Å². The number of fused-ring (bicyclic) bond motifs is 1. The molecule has 210 valence electrons. The molecule has 5 rings (SSSR count). The lowest BCUT2D eigenvalue weighted by Crippen LogP contribution is -2.34. The number of halogens is 2. The van der Waals surface area contributed by atoms with E-state index in [1.807, 2.05) is 4.72 Å². The number of amides is 2. The molecule has 41 heavy (non-hydrogen) atoms. The standard InChI is InChI=1S/C27H21ClFN5O5S2/c1-15-12-19(7-9-21(15)31-26(36)33-41(38,39)24-11-10-23(28)40-24)34-25(35)20-8-6-18(13-22(20)32-27(34)37)30-14-16-2-4-17(29)5-3-16/h2-13,30H,14H2,1H3,(H,32,37)(H2,31,33,36). The highest BCUT2D eigenvalue weighted by Gasteiger charge is 2.20. The summed E-state index contributed by atoms with van der Waals surface area (Å²) in [6, 6.07) is 17.1. The van der Waals surface area contributed by atoms with Crippen LogP contribution in [-0.4, -0.2) is 24.0 Å². The van der Waals surface area contributed by atoms with E-state index in [0.29, 0.717) is 23.3 Å². The summed E-state index contributed by atoms with van der Waals surface area (Å²) in [5.74, 6) is -0.328. The van der Waals surface area contributed by atoms with Gasteiger partial charge in [0.15, 0.2) is 0 Å². The second-order valence-electron chi connectivity index (χ2n) is 8.93. The first-order valence-corrected chi connectivity index (χ1v) is 14.7. The van der Waals surface area contributed by atoms with Crippen molar-refractivity contribution in [3.63, 3.8) is 0 Å². The summed E-state index contributed by atoms with van der Waals surface area (Å²) in [5.41, 5.74) is 1.62. The lowest BCUT2D eigenvalue weighted by atomic mass is 10.1. The van der Waals surface area contributed by atoms with Gasteiger partial charge in [-0.3, -0.25) is 4.79 Å². The first-order chi connectivity index (χ1) is 19.5. The first kappa shape index (κ1) is 28.1. The number of urea groups is 1. The third-order valence-corrected chi connectivity index (χ3v) is 9.12. The maximum Gasteiger partial charge on any atom is 0.333 e. The maximum atomic E-state index is 13.3. The second kappa shape index (κ2) is 11.2. The van der Waals surface area contributed by atoms with Crippen molar-refractivity contribution < 1.29 is 17.6 Å². The van der Waals surface area contributed by atoms with Crippen molar-refractivity contribution in [1.82, 2.24) is 14.3 Å². The number of carbonyl (C=O) groups is 1. The number of rotatable bonds is 7. The van der Waals surface area contributed by atoms with Gasteiger partial charge in [0.1, 0.15) is 10.0 Å². The fourth-order valence-electron chi connectivity index (χ4n) is 4.06. The van der Waals surface area contributed by atoms with Crippen LogP contribution in [0.5, 0.6) is 0 Å². The quantitative estimate of drug-likeness (QED) is 0.204. The number of H-pyrrole nitrogens is 1. The minimum absolute atomic E-state index is 0.115. The normalized spacial score (nSPS) is 11.4. The first-order valence-electron chi connectivity index (χ1n) is 12.0. The minimum atomic E-state index is -4.11. The third kappa shape index (κ3) is 6.16. The van der Waals surface area contributed by atoms with Gasteiger partial charge in [0, 0.05) is 17.9 Å². The molecule has 2 aromatic heterocycles. The zero-order valence-electron chi connectivity index (χ0n) is 21.2. The Balaban J connectivity index is 1.35. The number of aromatic amines is 1. The van der Waals surface area contributed by atoms with Crippen LogP contribution in [0, 0.1) is 12.7 Å². The van der Waals surface area contributed by atoms with Crippen molar-refractivity contribution in [2.75, 3.05) is 10.6 Å². The van der Waals surface area contributed by atoms with Gasteiger partial charge in [-0.25, -0.2) is 31.7 Å². The predicted octanol–water partition coefficient (Wildman–Crippen LogP) is 4.96. The number of aryl methyl sites for hydroxylation is 1. The van der Waals surface area contributed by atoms with E-state index in [1.165, 1.54) is 42.5 Å². The van der Waals surface area contributed by atoms with E-state index in [2.05, 4.69) is 15.6 Å². The molecule has 14 heteroatoms. The van der Waals surface area contributed by atoms with Crippen LogP contribution in [0.15, 0.2) is 86.6 Å². The number of hydrogen-bond donors (Lipinski definition) is 4. The zero-order chi connectivity index (χ0) is 29.3. The summed E-state index contributed by atoms with van der Waals surface area (Å²) in [5, 5.41) is 5.91. The molecule has 0 saturated carbocycles. The molecule has 5 aromatic rings. The zero-order valence-corrected chi connectivity index (χ0v) is 23.6. The van der Waals surface area contributed by atoms with Gasteiger partial charge in [0.25, 0.3) is 15.6 Å². The second-order valence-corrected chi connectivity index (χ2v) is 12.6. The van der Waals surface area contributed by atoms with Crippen molar-refractivity contribution >= 4 is 61.3 Å². The average Bonchev–Trinajstić information content (AvgIpc) is 3.37. The number of nitrogens with zero attached hydrogens (tertiary/aromatic N) is 1. The van der Waals surface area contributed by atoms with E-state index >= 15 is 0 Å². The minimum Gasteiger partial charge on any atom is -0.381 e. The molecule has 10 nitrogen and oxygen atoms in total. The SMILES string of the molecule is Cc1cc(-n2c(=O)[nH]c3cc(NCc4ccc(F)cc4)ccc3c2=O)ccc1NC(=O)NS(=O)(=O)c1ccc(Cl)s1. The molecule has 0 bridgehead atoms. The number of nitrogens with one attached hydrogen (secondary N) is 4. The Hall–Kier alpha value is -4.46. The monoisotopic (exact) mass is 613 g/mol. The fraction of sp³-hybridized carbons (Fsp3) is 0.0741.